The third-order valence-corrected chi connectivity index (χ3v) is 5.47. The highest BCUT2D eigenvalue weighted by Crippen LogP contribution is 2.53. The summed E-state index contributed by atoms with van der Waals surface area (Å²) in [7, 11) is 2.73. The van der Waals surface area contributed by atoms with Crippen molar-refractivity contribution in [2.45, 2.75) is 12.2 Å². The molecule has 2 fully saturated rings. The Bertz CT molecular complexity index is 776. The number of methoxy groups -OCH3 is 2. The van der Waals surface area contributed by atoms with E-state index in [2.05, 4.69) is 0 Å². The molecule has 2 aromatic rings. The van der Waals surface area contributed by atoms with Crippen molar-refractivity contribution in [2.75, 3.05) is 27.4 Å². The first-order valence-electron chi connectivity index (χ1n) is 8.87. The zero-order chi connectivity index (χ0) is 20.0. The van der Waals surface area contributed by atoms with E-state index >= 15 is 0 Å². The first-order chi connectivity index (χ1) is 13.4. The lowest BCUT2D eigenvalue weighted by molar-refractivity contribution is 0.0190. The number of rotatable bonds is 4. The van der Waals surface area contributed by atoms with Gasteiger partial charge in [0.1, 0.15) is 0 Å². The number of phenolic OH excluding ortho intramolecular Hbond substituents is 4. The molecule has 4 rings (SSSR count). The number of hydrogen-bond donors (Lipinski definition) is 4. The molecule has 8 nitrogen and oxygen atoms in total. The number of ether oxygens (including phenoxy) is 4. The fourth-order valence-electron chi connectivity index (χ4n) is 4.22. The number of hydrogen-bond acceptors (Lipinski definition) is 8. The van der Waals surface area contributed by atoms with Crippen molar-refractivity contribution in [3.63, 3.8) is 0 Å². The van der Waals surface area contributed by atoms with Gasteiger partial charge in [0.05, 0.1) is 39.6 Å². The van der Waals surface area contributed by atoms with Crippen LogP contribution in [-0.2, 0) is 9.47 Å². The molecular weight excluding hydrogens is 368 g/mol. The quantitative estimate of drug-likeness (QED) is 0.629. The lowest BCUT2D eigenvalue weighted by atomic mass is 9.84. The third-order valence-electron chi connectivity index (χ3n) is 5.47. The van der Waals surface area contributed by atoms with E-state index in [-0.39, 0.29) is 58.5 Å². The Morgan fingerprint density at radius 3 is 1.29 bits per heavy atom. The standard InChI is InChI=1S/C20H22O8/c1-25-19-13(21)3-9(4-14(19)22)17-11-7-28-18(12(11)8-27-17)10-5-15(23)20(26-2)16(24)6-10/h3-6,11-12,17-18,21-24H,7-8H2,1-2H3/t11-,12-,17+,18+/m0/s1. The van der Waals surface area contributed by atoms with Gasteiger partial charge < -0.3 is 39.4 Å². The highest BCUT2D eigenvalue weighted by molar-refractivity contribution is 5.54. The van der Waals surface area contributed by atoms with Gasteiger partial charge in [-0.15, -0.1) is 0 Å². The second-order valence-corrected chi connectivity index (χ2v) is 7.02. The van der Waals surface area contributed by atoms with E-state index < -0.39 is 0 Å². The molecule has 2 saturated heterocycles. The molecule has 150 valence electrons. The summed E-state index contributed by atoms with van der Waals surface area (Å²) in [6, 6.07) is 6.07. The minimum absolute atomic E-state index is 0.0106. The summed E-state index contributed by atoms with van der Waals surface area (Å²) in [6.45, 7) is 0.808. The Morgan fingerprint density at radius 2 is 1.00 bits per heavy atom. The van der Waals surface area contributed by atoms with Gasteiger partial charge in [0, 0.05) is 11.8 Å². The second-order valence-electron chi connectivity index (χ2n) is 7.02. The molecule has 2 aromatic carbocycles. The van der Waals surface area contributed by atoms with Gasteiger partial charge in [0.15, 0.2) is 23.0 Å². The lowest BCUT2D eigenvalue weighted by Gasteiger charge is -2.18. The van der Waals surface area contributed by atoms with Gasteiger partial charge in [-0.2, -0.15) is 0 Å². The summed E-state index contributed by atoms with van der Waals surface area (Å²) in [5, 5.41) is 40.3. The van der Waals surface area contributed by atoms with Crippen LogP contribution in [0.5, 0.6) is 34.5 Å². The molecule has 0 amide bonds. The molecule has 2 heterocycles. The van der Waals surface area contributed by atoms with E-state index in [1.54, 1.807) is 0 Å². The van der Waals surface area contributed by atoms with Crippen molar-refractivity contribution < 1.29 is 39.4 Å². The van der Waals surface area contributed by atoms with E-state index in [0.29, 0.717) is 24.3 Å². The van der Waals surface area contributed by atoms with Gasteiger partial charge in [0.25, 0.3) is 0 Å². The molecule has 8 heteroatoms. The first-order valence-corrected chi connectivity index (χ1v) is 8.87. The number of fused-ring (bicyclic) bond motifs is 1. The summed E-state index contributed by atoms with van der Waals surface area (Å²) < 4.78 is 21.9. The fraction of sp³-hybridized carbons (Fsp3) is 0.400. The number of aromatic hydroxyl groups is 4. The second kappa shape index (κ2) is 6.96. The first kappa shape index (κ1) is 18.5. The fourth-order valence-corrected chi connectivity index (χ4v) is 4.22. The highest BCUT2D eigenvalue weighted by Gasteiger charge is 2.48. The average Bonchev–Trinajstić information content (AvgIpc) is 3.23. The van der Waals surface area contributed by atoms with Crippen molar-refractivity contribution >= 4 is 0 Å². The van der Waals surface area contributed by atoms with Crippen LogP contribution in [0.4, 0.5) is 0 Å². The van der Waals surface area contributed by atoms with E-state index in [1.165, 1.54) is 38.5 Å². The monoisotopic (exact) mass is 390 g/mol. The molecule has 0 spiro atoms. The maximum Gasteiger partial charge on any atom is 0.202 e. The van der Waals surface area contributed by atoms with Crippen LogP contribution in [0.3, 0.4) is 0 Å². The van der Waals surface area contributed by atoms with E-state index in [1.807, 2.05) is 0 Å². The van der Waals surface area contributed by atoms with Gasteiger partial charge in [-0.1, -0.05) is 0 Å². The smallest absolute Gasteiger partial charge is 0.202 e. The van der Waals surface area contributed by atoms with Gasteiger partial charge in [0.2, 0.25) is 11.5 Å². The van der Waals surface area contributed by atoms with Gasteiger partial charge >= 0.3 is 0 Å². The Kier molecular flexibility index (Phi) is 4.60. The molecule has 2 aliphatic rings. The van der Waals surface area contributed by atoms with E-state index in [9.17, 15) is 20.4 Å². The van der Waals surface area contributed by atoms with Crippen LogP contribution in [0, 0.1) is 11.8 Å². The van der Waals surface area contributed by atoms with Crippen LogP contribution in [0.2, 0.25) is 0 Å². The normalized spacial score (nSPS) is 26.2. The SMILES string of the molecule is COc1c(O)cc([C@H]2OC[C@H]3[C@@H]2CO[C@@H]3c2cc(O)c(OC)c(O)c2)cc1O. The van der Waals surface area contributed by atoms with Crippen LogP contribution >= 0.6 is 0 Å². The minimum Gasteiger partial charge on any atom is -0.504 e. The van der Waals surface area contributed by atoms with E-state index in [4.69, 9.17) is 18.9 Å². The summed E-state index contributed by atoms with van der Waals surface area (Å²) in [5.41, 5.74) is 1.26. The lowest BCUT2D eigenvalue weighted by Crippen LogP contribution is -2.14. The summed E-state index contributed by atoms with van der Waals surface area (Å²) in [4.78, 5) is 0. The molecule has 0 aromatic heterocycles. The molecule has 0 unspecified atom stereocenters. The van der Waals surface area contributed by atoms with Crippen molar-refractivity contribution in [1.82, 2.24) is 0 Å². The topological polar surface area (TPSA) is 118 Å². The van der Waals surface area contributed by atoms with Crippen molar-refractivity contribution in [1.29, 1.82) is 0 Å². The maximum absolute atomic E-state index is 10.1. The van der Waals surface area contributed by atoms with Gasteiger partial charge in [-0.25, -0.2) is 0 Å². The zero-order valence-electron chi connectivity index (χ0n) is 15.5. The summed E-state index contributed by atoms with van der Waals surface area (Å²) in [6.07, 6.45) is -0.726. The molecule has 28 heavy (non-hydrogen) atoms. The van der Waals surface area contributed by atoms with Crippen LogP contribution in [0.15, 0.2) is 24.3 Å². The summed E-state index contributed by atoms with van der Waals surface area (Å²) >= 11 is 0. The van der Waals surface area contributed by atoms with Crippen molar-refractivity contribution in [3.8, 4) is 34.5 Å². The van der Waals surface area contributed by atoms with Gasteiger partial charge in [-0.3, -0.25) is 0 Å². The van der Waals surface area contributed by atoms with E-state index in [0.717, 1.165) is 0 Å². The average molecular weight is 390 g/mol. The molecule has 0 saturated carbocycles. The minimum atomic E-state index is -0.363. The van der Waals surface area contributed by atoms with Gasteiger partial charge in [-0.05, 0) is 35.4 Å². The molecule has 4 atom stereocenters. The van der Waals surface area contributed by atoms with Crippen LogP contribution < -0.4 is 9.47 Å². The number of phenols is 4. The largest absolute Gasteiger partial charge is 0.504 e. The molecule has 2 aliphatic heterocycles. The Hall–Kier alpha value is -2.84. The zero-order valence-corrected chi connectivity index (χ0v) is 15.5. The molecule has 0 aliphatic carbocycles. The molecule has 0 radical (unpaired) electrons. The van der Waals surface area contributed by atoms with Crippen molar-refractivity contribution in [3.05, 3.63) is 35.4 Å². The Labute approximate surface area is 161 Å². The predicted octanol–water partition coefficient (Wildman–Crippen LogP) is 2.60. The highest BCUT2D eigenvalue weighted by atomic mass is 16.5. The van der Waals surface area contributed by atoms with Crippen LogP contribution in [-0.4, -0.2) is 47.9 Å². The molecule has 0 bridgehead atoms. The third kappa shape index (κ3) is 2.85. The number of benzene rings is 2. The van der Waals surface area contributed by atoms with Crippen LogP contribution in [0.1, 0.15) is 23.3 Å². The maximum atomic E-state index is 10.1. The van der Waals surface area contributed by atoms with Crippen LogP contribution in [0.25, 0.3) is 0 Å². The molecule has 4 N–H and O–H groups in total. The summed E-state index contributed by atoms with van der Waals surface area (Å²) in [5.74, 6) is -0.636. The molecular formula is C20H22O8. The Morgan fingerprint density at radius 1 is 0.679 bits per heavy atom. The Balaban J connectivity index is 1.60. The van der Waals surface area contributed by atoms with Crippen molar-refractivity contribution in [2.24, 2.45) is 11.8 Å². The predicted molar refractivity (Wildman–Crippen MR) is 97.0 cm³/mol.